The Hall–Kier alpha value is -5.35. The van der Waals surface area contributed by atoms with Gasteiger partial charge in [0.05, 0.1) is 5.56 Å². The fourth-order valence-corrected chi connectivity index (χ4v) is 3.89. The lowest BCUT2D eigenvalue weighted by Gasteiger charge is -2.22. The van der Waals surface area contributed by atoms with E-state index < -0.39 is 54.6 Å². The SMILES string of the molecule is CCc1cc(OCCF)c(F)c(C(Nc2ccc(C(=N)N)c(OC(=O)C(F)(F)F)c2)c2nn(-c3ncccn3)c(=O)[nH]2)c1. The fourth-order valence-electron chi connectivity index (χ4n) is 3.89. The Balaban J connectivity index is 1.87. The molecule has 0 amide bonds. The number of carbonyl (C=O) groups excluding carboxylic acids is 1. The molecule has 1 unspecified atom stereocenters. The van der Waals surface area contributed by atoms with Gasteiger partial charge < -0.3 is 20.5 Å². The smallest absolute Gasteiger partial charge is 0.488 e. The first-order valence-electron chi connectivity index (χ1n) is 12.4. The van der Waals surface area contributed by atoms with E-state index in [1.54, 1.807) is 6.92 Å². The number of H-pyrrole nitrogens is 1. The molecule has 4 aromatic rings. The molecule has 0 saturated heterocycles. The van der Waals surface area contributed by atoms with Gasteiger partial charge in [-0.3, -0.25) is 10.4 Å². The van der Waals surface area contributed by atoms with Crippen LogP contribution >= 0.6 is 0 Å². The van der Waals surface area contributed by atoms with Crippen molar-refractivity contribution in [2.75, 3.05) is 18.6 Å². The highest BCUT2D eigenvalue weighted by Gasteiger charge is 2.42. The predicted octanol–water partition coefficient (Wildman–Crippen LogP) is 3.35. The van der Waals surface area contributed by atoms with E-state index in [1.807, 2.05) is 0 Å². The number of hydrogen-bond donors (Lipinski definition) is 4. The lowest BCUT2D eigenvalue weighted by molar-refractivity contribution is -0.189. The molecule has 17 heteroatoms. The number of rotatable bonds is 11. The molecule has 0 bridgehead atoms. The van der Waals surface area contributed by atoms with Crippen LogP contribution in [0.3, 0.4) is 0 Å². The number of aromatic amines is 1. The molecule has 0 aliphatic heterocycles. The predicted molar refractivity (Wildman–Crippen MR) is 142 cm³/mol. The van der Waals surface area contributed by atoms with Crippen LogP contribution < -0.4 is 26.2 Å². The van der Waals surface area contributed by atoms with Crippen molar-refractivity contribution >= 4 is 17.5 Å². The van der Waals surface area contributed by atoms with Crippen molar-refractivity contribution in [3.8, 4) is 17.4 Å². The second-order valence-corrected chi connectivity index (χ2v) is 8.75. The Kier molecular flexibility index (Phi) is 9.01. The van der Waals surface area contributed by atoms with Crippen molar-refractivity contribution in [3.05, 3.63) is 87.6 Å². The van der Waals surface area contributed by atoms with Gasteiger partial charge in [0.25, 0.3) is 5.95 Å². The number of carbonyl (C=O) groups is 1. The van der Waals surface area contributed by atoms with Gasteiger partial charge in [0.15, 0.2) is 17.4 Å². The molecule has 0 radical (unpaired) electrons. The molecule has 226 valence electrons. The molecular formula is C26H23F5N8O4. The molecule has 0 aliphatic rings. The zero-order valence-electron chi connectivity index (χ0n) is 22.2. The lowest BCUT2D eigenvalue weighted by Crippen LogP contribution is -2.29. The highest BCUT2D eigenvalue weighted by atomic mass is 19.4. The van der Waals surface area contributed by atoms with Crippen molar-refractivity contribution in [1.29, 1.82) is 5.41 Å². The number of nitrogens with one attached hydrogen (secondary N) is 3. The first-order valence-corrected chi connectivity index (χ1v) is 12.4. The number of nitrogens with zero attached hydrogens (tertiary/aromatic N) is 4. The summed E-state index contributed by atoms with van der Waals surface area (Å²) in [5, 5.41) is 14.7. The lowest BCUT2D eigenvalue weighted by atomic mass is 10.00. The Morgan fingerprint density at radius 1 is 1.19 bits per heavy atom. The first-order chi connectivity index (χ1) is 20.4. The zero-order valence-corrected chi connectivity index (χ0v) is 22.2. The Morgan fingerprint density at radius 2 is 1.91 bits per heavy atom. The maximum atomic E-state index is 15.9. The summed E-state index contributed by atoms with van der Waals surface area (Å²) < 4.78 is 78.0. The third-order valence-corrected chi connectivity index (χ3v) is 5.85. The number of esters is 1. The maximum absolute atomic E-state index is 15.9. The van der Waals surface area contributed by atoms with Gasteiger partial charge in [0, 0.05) is 29.7 Å². The van der Waals surface area contributed by atoms with Gasteiger partial charge in [0.1, 0.15) is 30.9 Å². The number of ether oxygens (including phenoxy) is 2. The van der Waals surface area contributed by atoms with Gasteiger partial charge in [0.2, 0.25) is 0 Å². The summed E-state index contributed by atoms with van der Waals surface area (Å²) in [6.45, 7) is 0.423. The number of amidine groups is 1. The highest BCUT2D eigenvalue weighted by molar-refractivity contribution is 5.99. The minimum atomic E-state index is -5.36. The van der Waals surface area contributed by atoms with Gasteiger partial charge in [-0.1, -0.05) is 13.0 Å². The van der Waals surface area contributed by atoms with E-state index in [0.717, 1.165) is 16.8 Å². The molecule has 2 heterocycles. The Labute approximate surface area is 239 Å². The third-order valence-electron chi connectivity index (χ3n) is 5.85. The topological polar surface area (TPSA) is 174 Å². The van der Waals surface area contributed by atoms with Crippen LogP contribution in [0.5, 0.6) is 11.5 Å². The second-order valence-electron chi connectivity index (χ2n) is 8.75. The quantitative estimate of drug-likeness (QED) is 0.0656. The second kappa shape index (κ2) is 12.7. The number of nitrogens with two attached hydrogens (primary N) is 1. The van der Waals surface area contributed by atoms with Crippen LogP contribution in [0.25, 0.3) is 5.95 Å². The van der Waals surface area contributed by atoms with Crippen molar-refractivity contribution in [3.63, 3.8) is 0 Å². The Bertz CT molecular complexity index is 1690. The van der Waals surface area contributed by atoms with E-state index in [0.29, 0.717) is 12.0 Å². The van der Waals surface area contributed by atoms with Crippen LogP contribution in [0.4, 0.5) is 27.6 Å². The molecule has 5 N–H and O–H groups in total. The van der Waals surface area contributed by atoms with Crippen molar-refractivity contribution < 1.29 is 36.2 Å². The molecule has 0 saturated carbocycles. The largest absolute Gasteiger partial charge is 0.491 e. The fraction of sp³-hybridized carbons (Fsp3) is 0.231. The van der Waals surface area contributed by atoms with Crippen LogP contribution in [0.1, 0.15) is 35.5 Å². The molecular weight excluding hydrogens is 583 g/mol. The summed E-state index contributed by atoms with van der Waals surface area (Å²) >= 11 is 0. The standard InChI is InChI=1S/C26H23F5N8O4/c1-2-13-10-16(19(28)18(11-13)42-9-6-27)20(22-37-25(41)39(38-22)24-34-7-3-8-35-24)36-14-4-5-15(21(32)33)17(12-14)43-23(40)26(29,30)31/h3-5,7-8,10-12,20,36H,2,6,9H2,1H3,(H3,32,33)(H,37,38,41). The monoisotopic (exact) mass is 606 g/mol. The minimum Gasteiger partial charge on any atom is -0.488 e. The summed E-state index contributed by atoms with van der Waals surface area (Å²) in [6.07, 6.45) is -2.25. The first kappa shape index (κ1) is 30.6. The number of halogens is 5. The Morgan fingerprint density at radius 3 is 2.53 bits per heavy atom. The maximum Gasteiger partial charge on any atom is 0.491 e. The van der Waals surface area contributed by atoms with Gasteiger partial charge in [-0.05, 0) is 36.2 Å². The number of benzene rings is 2. The molecule has 0 spiro atoms. The van der Waals surface area contributed by atoms with Gasteiger partial charge in [-0.25, -0.2) is 28.3 Å². The summed E-state index contributed by atoms with van der Waals surface area (Å²) in [4.78, 5) is 34.8. The molecule has 4 rings (SSSR count). The van der Waals surface area contributed by atoms with E-state index >= 15 is 4.39 Å². The zero-order chi connectivity index (χ0) is 31.3. The van der Waals surface area contributed by atoms with Crippen molar-refractivity contribution in [1.82, 2.24) is 24.7 Å². The number of hydrogen-bond acceptors (Lipinski definition) is 9. The molecule has 1 atom stereocenters. The van der Waals surface area contributed by atoms with Crippen LogP contribution in [0.2, 0.25) is 0 Å². The highest BCUT2D eigenvalue weighted by Crippen LogP contribution is 2.34. The van der Waals surface area contributed by atoms with E-state index in [2.05, 4.69) is 30.1 Å². The van der Waals surface area contributed by atoms with E-state index in [-0.39, 0.29) is 34.3 Å². The van der Waals surface area contributed by atoms with Crippen LogP contribution in [-0.2, 0) is 11.2 Å². The molecule has 0 fully saturated rings. The molecule has 2 aromatic carbocycles. The summed E-state index contributed by atoms with van der Waals surface area (Å²) in [6, 6.07) is 6.25. The minimum absolute atomic E-state index is 0.0566. The third kappa shape index (κ3) is 6.94. The normalized spacial score (nSPS) is 12.0. The van der Waals surface area contributed by atoms with Gasteiger partial charge in [-0.15, -0.1) is 9.78 Å². The van der Waals surface area contributed by atoms with E-state index in [9.17, 15) is 27.2 Å². The number of anilines is 1. The summed E-state index contributed by atoms with van der Waals surface area (Å²) in [7, 11) is 0. The van der Waals surface area contributed by atoms with Crippen molar-refractivity contribution in [2.24, 2.45) is 5.73 Å². The molecule has 2 aromatic heterocycles. The van der Waals surface area contributed by atoms with E-state index in [1.165, 1.54) is 36.7 Å². The summed E-state index contributed by atoms with van der Waals surface area (Å²) in [5.41, 5.74) is 4.66. The molecule has 0 aliphatic carbocycles. The number of aryl methyl sites for hydroxylation is 1. The average Bonchev–Trinajstić information content (AvgIpc) is 3.36. The van der Waals surface area contributed by atoms with E-state index in [4.69, 9.17) is 15.9 Å². The number of alkyl halides is 4. The van der Waals surface area contributed by atoms with Crippen LogP contribution in [0.15, 0.2) is 53.6 Å². The summed E-state index contributed by atoms with van der Waals surface area (Å²) in [5.74, 6) is -5.52. The molecule has 12 nitrogen and oxygen atoms in total. The number of nitrogen functional groups attached to an aromatic ring is 1. The van der Waals surface area contributed by atoms with Crippen LogP contribution in [0, 0.1) is 11.2 Å². The van der Waals surface area contributed by atoms with Gasteiger partial charge in [-0.2, -0.15) is 13.2 Å². The van der Waals surface area contributed by atoms with Crippen molar-refractivity contribution in [2.45, 2.75) is 25.6 Å². The van der Waals surface area contributed by atoms with Crippen LogP contribution in [-0.4, -0.2) is 56.0 Å². The average molecular weight is 607 g/mol. The van der Waals surface area contributed by atoms with Gasteiger partial charge >= 0.3 is 17.8 Å². The number of aromatic nitrogens is 5. The molecule has 43 heavy (non-hydrogen) atoms.